The number of carbonyl (C=O) groups excluding carboxylic acids is 5. The largest absolute Gasteiger partial charge is 0.307 e. The Hall–Kier alpha value is -2.11. The lowest BCUT2D eigenvalue weighted by molar-refractivity contribution is -0.121. The minimum absolute atomic E-state index is 0.00463. The fraction of sp³-hybridized carbons (Fsp3) is 0.794. The van der Waals surface area contributed by atoms with E-state index in [-0.39, 0.29) is 53.3 Å². The van der Waals surface area contributed by atoms with E-state index in [1.165, 1.54) is 38.5 Å². The van der Waals surface area contributed by atoms with Crippen LogP contribution in [0.4, 0.5) is 0 Å². The molecule has 0 radical (unpaired) electrons. The van der Waals surface area contributed by atoms with Crippen molar-refractivity contribution in [2.45, 2.75) is 141 Å². The van der Waals surface area contributed by atoms with Gasteiger partial charge in [-0.25, -0.2) is 0 Å². The van der Waals surface area contributed by atoms with Gasteiger partial charge in [0.05, 0.1) is 30.2 Å². The second kappa shape index (κ2) is 20.8. The molecule has 5 fully saturated rings. The Labute approximate surface area is 265 Å². The standard InChI is InChI=1S/C10H17NO.C7H13NO.C6H11NO.C6H9NO.C5H9NO/c1-7(12)10-6-8-4-2-3-5-9(8)11-10;1-6(9)7-4-2-3-5-8-7;2*1-5(8)6-3-2-4-7-6;1-4(7)5-2-3-6-5/h8-11H,2-6H2,1H3;7-8H,2-5H2,1H3;6-7H,2-4H2,1H3;2-3,6-7H,4H2,1H3;5-6H,2-3H2,1H3/t8?,9?,10-;7-;2*6-;5-/m00000/s1. The van der Waals surface area contributed by atoms with E-state index in [1.807, 2.05) is 12.2 Å². The predicted octanol–water partition coefficient (Wildman–Crippen LogP) is 2.58. The highest BCUT2D eigenvalue weighted by Crippen LogP contribution is 2.33. The van der Waals surface area contributed by atoms with E-state index < -0.39 is 0 Å². The van der Waals surface area contributed by atoms with Gasteiger partial charge >= 0.3 is 0 Å². The van der Waals surface area contributed by atoms with Crippen LogP contribution in [0.5, 0.6) is 0 Å². The highest BCUT2D eigenvalue weighted by atomic mass is 16.1. The van der Waals surface area contributed by atoms with Gasteiger partial charge in [0, 0.05) is 12.6 Å². The first-order valence-corrected chi connectivity index (χ1v) is 16.9. The van der Waals surface area contributed by atoms with Crippen LogP contribution in [0.2, 0.25) is 0 Å². The van der Waals surface area contributed by atoms with Crippen molar-refractivity contribution in [2.24, 2.45) is 5.92 Å². The fourth-order valence-electron chi connectivity index (χ4n) is 6.23. The van der Waals surface area contributed by atoms with Crippen molar-refractivity contribution in [3.8, 4) is 0 Å². The quantitative estimate of drug-likeness (QED) is 0.292. The van der Waals surface area contributed by atoms with E-state index in [0.717, 1.165) is 64.2 Å². The van der Waals surface area contributed by atoms with Crippen molar-refractivity contribution in [2.75, 3.05) is 26.2 Å². The Morgan fingerprint density at radius 2 is 1.02 bits per heavy atom. The lowest BCUT2D eigenvalue weighted by Crippen LogP contribution is -2.47. The number of hydrogen-bond acceptors (Lipinski definition) is 10. The summed E-state index contributed by atoms with van der Waals surface area (Å²) in [5.41, 5.74) is 0. The van der Waals surface area contributed by atoms with Crippen LogP contribution in [0, 0.1) is 5.92 Å². The molecular formula is C34H59N5O5. The highest BCUT2D eigenvalue weighted by molar-refractivity contribution is 5.84. The summed E-state index contributed by atoms with van der Waals surface area (Å²) in [7, 11) is 0. The van der Waals surface area contributed by atoms with Gasteiger partial charge < -0.3 is 26.6 Å². The third-order valence-corrected chi connectivity index (χ3v) is 9.24. The van der Waals surface area contributed by atoms with Crippen molar-refractivity contribution in [1.82, 2.24) is 26.6 Å². The molecule has 6 aliphatic rings. The zero-order chi connectivity index (χ0) is 32.5. The molecule has 44 heavy (non-hydrogen) atoms. The van der Waals surface area contributed by atoms with Crippen LogP contribution in [-0.2, 0) is 24.0 Å². The Balaban J connectivity index is 0.000000195. The molecular weight excluding hydrogens is 558 g/mol. The first-order chi connectivity index (χ1) is 21.0. The van der Waals surface area contributed by atoms with Gasteiger partial charge in [0.15, 0.2) is 5.78 Å². The summed E-state index contributed by atoms with van der Waals surface area (Å²) in [4.78, 5) is 53.3. The number of nitrogens with one attached hydrogen (secondary N) is 5. The summed E-state index contributed by atoms with van der Waals surface area (Å²) in [5, 5.41) is 15.7. The summed E-state index contributed by atoms with van der Waals surface area (Å²) in [6.07, 6.45) is 17.0. The molecule has 1 aliphatic carbocycles. The number of Topliss-reactive ketones (excluding diaryl/α,β-unsaturated/α-hetero) is 5. The number of fused-ring (bicyclic) bond motifs is 1. The molecule has 250 valence electrons. The molecule has 7 atom stereocenters. The fourth-order valence-corrected chi connectivity index (χ4v) is 6.23. The summed E-state index contributed by atoms with van der Waals surface area (Å²) < 4.78 is 0. The van der Waals surface area contributed by atoms with E-state index in [9.17, 15) is 24.0 Å². The smallest absolute Gasteiger partial charge is 0.150 e. The lowest BCUT2D eigenvalue weighted by Gasteiger charge is -2.24. The van der Waals surface area contributed by atoms with Crippen molar-refractivity contribution in [3.63, 3.8) is 0 Å². The highest BCUT2D eigenvalue weighted by Gasteiger charge is 2.36. The maximum atomic E-state index is 11.1. The van der Waals surface area contributed by atoms with Gasteiger partial charge in [0.1, 0.15) is 23.1 Å². The Morgan fingerprint density at radius 1 is 0.523 bits per heavy atom. The molecule has 0 aromatic heterocycles. The molecule has 5 aliphatic heterocycles. The van der Waals surface area contributed by atoms with E-state index in [2.05, 4.69) is 26.6 Å². The van der Waals surface area contributed by atoms with Crippen LogP contribution in [0.15, 0.2) is 12.2 Å². The van der Waals surface area contributed by atoms with Gasteiger partial charge in [-0.3, -0.25) is 24.0 Å². The number of ketones is 5. The summed E-state index contributed by atoms with van der Waals surface area (Å²) in [6.45, 7) is 12.1. The Morgan fingerprint density at radius 3 is 1.36 bits per heavy atom. The third-order valence-electron chi connectivity index (χ3n) is 9.24. The molecule has 10 nitrogen and oxygen atoms in total. The topological polar surface area (TPSA) is 146 Å². The number of carbonyl (C=O) groups is 5. The molecule has 5 N–H and O–H groups in total. The maximum absolute atomic E-state index is 11.1. The minimum atomic E-state index is -0.00463. The summed E-state index contributed by atoms with van der Waals surface area (Å²) in [5.74, 6) is 2.15. The molecule has 5 heterocycles. The van der Waals surface area contributed by atoms with Gasteiger partial charge in [-0.15, -0.1) is 0 Å². The molecule has 0 spiro atoms. The van der Waals surface area contributed by atoms with Crippen LogP contribution in [0.1, 0.15) is 105 Å². The molecule has 6 rings (SSSR count). The van der Waals surface area contributed by atoms with Crippen LogP contribution in [-0.4, -0.2) is 91.3 Å². The predicted molar refractivity (Wildman–Crippen MR) is 175 cm³/mol. The second-order valence-corrected chi connectivity index (χ2v) is 12.9. The zero-order valence-corrected chi connectivity index (χ0v) is 27.8. The normalized spacial score (nSPS) is 31.4. The van der Waals surface area contributed by atoms with Gasteiger partial charge in [-0.05, 0) is 112 Å². The first-order valence-electron chi connectivity index (χ1n) is 16.9. The van der Waals surface area contributed by atoms with Gasteiger partial charge in [0.25, 0.3) is 0 Å². The second-order valence-electron chi connectivity index (χ2n) is 12.9. The molecule has 0 aromatic rings. The van der Waals surface area contributed by atoms with E-state index >= 15 is 0 Å². The number of rotatable bonds is 5. The third kappa shape index (κ3) is 14.3. The average molecular weight is 618 g/mol. The van der Waals surface area contributed by atoms with Crippen molar-refractivity contribution >= 4 is 28.9 Å². The number of piperidine rings is 1. The molecule has 0 bridgehead atoms. The van der Waals surface area contributed by atoms with Crippen LogP contribution >= 0.6 is 0 Å². The molecule has 0 aromatic carbocycles. The summed E-state index contributed by atoms with van der Waals surface area (Å²) >= 11 is 0. The van der Waals surface area contributed by atoms with Crippen molar-refractivity contribution in [1.29, 1.82) is 0 Å². The zero-order valence-electron chi connectivity index (χ0n) is 27.8. The van der Waals surface area contributed by atoms with Crippen molar-refractivity contribution < 1.29 is 24.0 Å². The molecule has 4 saturated heterocycles. The SMILES string of the molecule is CC(=O)[C@@H]1C=CCN1.CC(=O)[C@@H]1CC2CCCCC2N1.CC(=O)[C@@H]1CCCCN1.CC(=O)[C@@H]1CCCN1.CC(=O)[C@@H]1CCN1. The molecule has 2 unspecified atom stereocenters. The number of hydrogen-bond donors (Lipinski definition) is 5. The minimum Gasteiger partial charge on any atom is -0.307 e. The van der Waals surface area contributed by atoms with E-state index in [1.54, 1.807) is 34.6 Å². The van der Waals surface area contributed by atoms with Gasteiger partial charge in [-0.1, -0.05) is 31.4 Å². The lowest BCUT2D eigenvalue weighted by atomic mass is 9.85. The van der Waals surface area contributed by atoms with Crippen LogP contribution in [0.25, 0.3) is 0 Å². The van der Waals surface area contributed by atoms with E-state index in [4.69, 9.17) is 0 Å². The Bertz CT molecular complexity index is 940. The van der Waals surface area contributed by atoms with Crippen molar-refractivity contribution in [3.05, 3.63) is 12.2 Å². The molecule has 0 amide bonds. The monoisotopic (exact) mass is 617 g/mol. The average Bonchev–Trinajstić information content (AvgIpc) is 3.76. The first kappa shape index (κ1) is 38.1. The Kier molecular flexibility index (Phi) is 18.0. The van der Waals surface area contributed by atoms with Crippen LogP contribution < -0.4 is 26.6 Å². The maximum Gasteiger partial charge on any atom is 0.150 e. The summed E-state index contributed by atoms with van der Waals surface area (Å²) in [6, 6.07) is 1.37. The van der Waals surface area contributed by atoms with E-state index in [0.29, 0.717) is 11.8 Å². The van der Waals surface area contributed by atoms with Gasteiger partial charge in [-0.2, -0.15) is 0 Å². The van der Waals surface area contributed by atoms with Crippen LogP contribution in [0.3, 0.4) is 0 Å². The molecule has 10 heteroatoms. The van der Waals surface area contributed by atoms with Gasteiger partial charge in [0.2, 0.25) is 0 Å². The molecule has 1 saturated carbocycles.